The summed E-state index contributed by atoms with van der Waals surface area (Å²) < 4.78 is 33.4. The lowest BCUT2D eigenvalue weighted by atomic mass is 9.94. The van der Waals surface area contributed by atoms with Crippen LogP contribution in [-0.2, 0) is 25.6 Å². The third-order valence-electron chi connectivity index (χ3n) is 5.83. The molecule has 0 radical (unpaired) electrons. The number of cyclic esters (lactones) is 1. The Kier molecular flexibility index (Phi) is 6.47. The zero-order valence-corrected chi connectivity index (χ0v) is 19.3. The van der Waals surface area contributed by atoms with E-state index >= 15 is 0 Å². The fraction of sp³-hybridized carbons (Fsp3) is 0.440. The number of hydrogen-bond acceptors (Lipinski definition) is 8. The Morgan fingerprint density at radius 3 is 2.55 bits per heavy atom. The summed E-state index contributed by atoms with van der Waals surface area (Å²) in [4.78, 5) is 24.9. The Morgan fingerprint density at radius 1 is 1.06 bits per heavy atom. The van der Waals surface area contributed by atoms with Crippen LogP contribution in [0, 0.1) is 5.41 Å². The molecule has 2 aromatic rings. The van der Waals surface area contributed by atoms with Gasteiger partial charge in [0.15, 0.2) is 11.5 Å². The number of ether oxygens (including phenoxy) is 6. The molecular formula is C25H28O8. The van der Waals surface area contributed by atoms with Gasteiger partial charge in [-0.3, -0.25) is 4.79 Å². The van der Waals surface area contributed by atoms with E-state index in [0.29, 0.717) is 48.0 Å². The van der Waals surface area contributed by atoms with Gasteiger partial charge in [0.1, 0.15) is 19.3 Å². The third kappa shape index (κ3) is 4.48. The van der Waals surface area contributed by atoms with E-state index in [9.17, 15) is 9.59 Å². The van der Waals surface area contributed by atoms with Crippen LogP contribution in [0.15, 0.2) is 30.3 Å². The number of rotatable bonds is 8. The van der Waals surface area contributed by atoms with Gasteiger partial charge in [0.2, 0.25) is 5.75 Å². The summed E-state index contributed by atoms with van der Waals surface area (Å²) in [6, 6.07) is 9.05. The average molecular weight is 456 g/mol. The fourth-order valence-electron chi connectivity index (χ4n) is 3.88. The summed E-state index contributed by atoms with van der Waals surface area (Å²) >= 11 is 0. The number of benzene rings is 2. The Bertz CT molecular complexity index is 1050. The topological polar surface area (TPSA) is 89.5 Å². The lowest BCUT2D eigenvalue weighted by Crippen LogP contribution is -2.35. The van der Waals surface area contributed by atoms with Crippen molar-refractivity contribution in [3.8, 4) is 28.4 Å². The van der Waals surface area contributed by atoms with Crippen molar-refractivity contribution >= 4 is 11.9 Å². The number of fused-ring (bicyclic) bond motifs is 1. The van der Waals surface area contributed by atoms with Crippen LogP contribution < -0.4 is 14.2 Å². The van der Waals surface area contributed by atoms with E-state index in [1.165, 1.54) is 7.11 Å². The maximum atomic E-state index is 12.8. The molecule has 1 atom stereocenters. The monoisotopic (exact) mass is 456 g/mol. The van der Waals surface area contributed by atoms with Crippen LogP contribution in [0.4, 0.5) is 0 Å². The third-order valence-corrected chi connectivity index (χ3v) is 5.83. The van der Waals surface area contributed by atoms with Crippen molar-refractivity contribution in [2.24, 2.45) is 5.41 Å². The summed E-state index contributed by atoms with van der Waals surface area (Å²) in [6.07, 6.45) is 0.458. The quantitative estimate of drug-likeness (QED) is 0.555. The van der Waals surface area contributed by atoms with E-state index in [0.717, 1.165) is 11.1 Å². The van der Waals surface area contributed by atoms with Gasteiger partial charge in [-0.1, -0.05) is 12.1 Å². The molecule has 0 spiro atoms. The maximum Gasteiger partial charge on any atom is 0.338 e. The van der Waals surface area contributed by atoms with Gasteiger partial charge < -0.3 is 28.4 Å². The van der Waals surface area contributed by atoms with Crippen molar-refractivity contribution in [1.82, 2.24) is 0 Å². The smallest absolute Gasteiger partial charge is 0.338 e. The molecule has 8 nitrogen and oxygen atoms in total. The lowest BCUT2D eigenvalue weighted by Gasteiger charge is -2.26. The Labute approximate surface area is 192 Å². The summed E-state index contributed by atoms with van der Waals surface area (Å²) in [5.41, 5.74) is 1.87. The van der Waals surface area contributed by atoms with E-state index in [2.05, 4.69) is 0 Å². The van der Waals surface area contributed by atoms with Crippen molar-refractivity contribution in [1.29, 1.82) is 0 Å². The van der Waals surface area contributed by atoms with Crippen LogP contribution in [0.2, 0.25) is 0 Å². The molecule has 2 aromatic carbocycles. The SMILES string of the molecule is COc1ccc(-c2cccc3c2COC3=O)c(OCC(C)(C)C(=O)O[C@H]2CCOC2)c1OC. The van der Waals surface area contributed by atoms with Gasteiger partial charge >= 0.3 is 11.9 Å². The first kappa shape index (κ1) is 22.9. The van der Waals surface area contributed by atoms with E-state index in [-0.39, 0.29) is 31.3 Å². The number of hydrogen-bond donors (Lipinski definition) is 0. The van der Waals surface area contributed by atoms with Crippen LogP contribution in [0.1, 0.15) is 36.2 Å². The number of esters is 2. The molecule has 2 heterocycles. The molecule has 1 fully saturated rings. The van der Waals surface area contributed by atoms with Gasteiger partial charge in [-0.25, -0.2) is 4.79 Å². The molecule has 8 heteroatoms. The predicted molar refractivity (Wildman–Crippen MR) is 119 cm³/mol. The first-order chi connectivity index (χ1) is 15.9. The van der Waals surface area contributed by atoms with E-state index in [4.69, 9.17) is 28.4 Å². The Balaban J connectivity index is 1.67. The van der Waals surface area contributed by atoms with Gasteiger partial charge in [-0.05, 0) is 37.6 Å². The second kappa shape index (κ2) is 9.31. The van der Waals surface area contributed by atoms with Crippen molar-refractivity contribution in [2.75, 3.05) is 34.0 Å². The van der Waals surface area contributed by atoms with Gasteiger partial charge in [-0.15, -0.1) is 0 Å². The molecular weight excluding hydrogens is 428 g/mol. The molecule has 4 rings (SSSR count). The highest BCUT2D eigenvalue weighted by Crippen LogP contribution is 2.47. The molecule has 2 aliphatic rings. The molecule has 0 aromatic heterocycles. The first-order valence-electron chi connectivity index (χ1n) is 10.8. The van der Waals surface area contributed by atoms with E-state index < -0.39 is 5.41 Å². The van der Waals surface area contributed by atoms with Gasteiger partial charge in [0.25, 0.3) is 0 Å². The Hall–Kier alpha value is -3.26. The van der Waals surface area contributed by atoms with Crippen LogP contribution >= 0.6 is 0 Å². The normalized spacial score (nSPS) is 17.3. The number of methoxy groups -OCH3 is 2. The van der Waals surface area contributed by atoms with E-state index in [1.807, 2.05) is 12.1 Å². The Morgan fingerprint density at radius 2 is 1.85 bits per heavy atom. The van der Waals surface area contributed by atoms with Crippen molar-refractivity contribution in [3.63, 3.8) is 0 Å². The molecule has 0 aliphatic carbocycles. The molecule has 0 unspecified atom stereocenters. The van der Waals surface area contributed by atoms with Crippen LogP contribution in [0.3, 0.4) is 0 Å². The molecule has 1 saturated heterocycles. The fourth-order valence-corrected chi connectivity index (χ4v) is 3.88. The average Bonchev–Trinajstić information content (AvgIpc) is 3.46. The highest BCUT2D eigenvalue weighted by Gasteiger charge is 2.35. The minimum absolute atomic E-state index is 0.0421. The van der Waals surface area contributed by atoms with Crippen LogP contribution in [0.5, 0.6) is 17.2 Å². The molecule has 33 heavy (non-hydrogen) atoms. The van der Waals surface area contributed by atoms with Crippen LogP contribution in [0.25, 0.3) is 11.1 Å². The summed E-state index contributed by atoms with van der Waals surface area (Å²) in [5.74, 6) is 0.580. The molecule has 0 saturated carbocycles. The molecule has 2 aliphatic heterocycles. The standard InChI is InChI=1S/C25H28O8/c1-25(2,24(27)33-15-10-11-30-12-15)14-32-21-17(8-9-20(28-3)22(21)29-4)16-6-5-7-18-19(16)13-31-23(18)26/h5-9,15H,10-14H2,1-4H3/t15-/m0/s1. The summed E-state index contributed by atoms with van der Waals surface area (Å²) in [7, 11) is 3.06. The highest BCUT2D eigenvalue weighted by molar-refractivity contribution is 5.96. The zero-order valence-electron chi connectivity index (χ0n) is 19.3. The molecule has 0 bridgehead atoms. The summed E-state index contributed by atoms with van der Waals surface area (Å²) in [5, 5.41) is 0. The maximum absolute atomic E-state index is 12.8. The van der Waals surface area contributed by atoms with Gasteiger partial charge in [-0.2, -0.15) is 0 Å². The lowest BCUT2D eigenvalue weighted by molar-refractivity contribution is -0.161. The second-order valence-corrected chi connectivity index (χ2v) is 8.65. The van der Waals surface area contributed by atoms with Crippen molar-refractivity contribution in [2.45, 2.75) is 33.0 Å². The predicted octanol–water partition coefficient (Wildman–Crippen LogP) is 3.78. The zero-order chi connectivity index (χ0) is 23.6. The van der Waals surface area contributed by atoms with Crippen molar-refractivity contribution < 1.29 is 38.0 Å². The molecule has 0 N–H and O–H groups in total. The van der Waals surface area contributed by atoms with Crippen LogP contribution in [-0.4, -0.2) is 52.1 Å². The summed E-state index contributed by atoms with van der Waals surface area (Å²) in [6.45, 7) is 4.76. The molecule has 176 valence electrons. The van der Waals surface area contributed by atoms with Crippen molar-refractivity contribution in [3.05, 3.63) is 41.5 Å². The minimum Gasteiger partial charge on any atom is -0.493 e. The minimum atomic E-state index is -0.925. The molecule has 0 amide bonds. The largest absolute Gasteiger partial charge is 0.493 e. The second-order valence-electron chi connectivity index (χ2n) is 8.65. The van der Waals surface area contributed by atoms with E-state index in [1.54, 1.807) is 39.2 Å². The van der Waals surface area contributed by atoms with Gasteiger partial charge in [0, 0.05) is 17.5 Å². The number of carbonyl (C=O) groups excluding carboxylic acids is 2. The first-order valence-corrected chi connectivity index (χ1v) is 10.8. The van der Waals surface area contributed by atoms with Gasteiger partial charge in [0.05, 0.1) is 38.4 Å². The highest BCUT2D eigenvalue weighted by atomic mass is 16.6. The number of carbonyl (C=O) groups is 2.